The Hall–Kier alpha value is -1.21. The number of esters is 1. The molecule has 0 spiro atoms. The van der Waals surface area contributed by atoms with Crippen LogP contribution in [-0.4, -0.2) is 23.9 Å². The van der Waals surface area contributed by atoms with Crippen LogP contribution in [0.2, 0.25) is 0 Å². The van der Waals surface area contributed by atoms with Crippen molar-refractivity contribution in [2.24, 2.45) is 0 Å². The predicted molar refractivity (Wildman–Crippen MR) is 41.4 cm³/mol. The molecule has 0 aromatic rings. The van der Waals surface area contributed by atoms with E-state index in [0.717, 1.165) is 0 Å². The molecule has 2 nitrogen and oxygen atoms in total. The third-order valence-corrected chi connectivity index (χ3v) is 1.67. The molecule has 0 bridgehead atoms. The maximum absolute atomic E-state index is 12.4. The molecule has 0 aromatic heterocycles. The quantitative estimate of drug-likeness (QED) is 0.437. The number of halogens is 6. The second kappa shape index (κ2) is 4.34. The number of rotatable bonds is 3. The molecular weight excluding hydrogens is 242 g/mol. The standard InChI is InChI=1S/C8H8F6O2/c1-3-4-6(7(9,10)11,8(12,13)14)16-5(2)15/h3H,1,4H2,2H3. The highest BCUT2D eigenvalue weighted by Gasteiger charge is 2.73. The minimum atomic E-state index is -5.76. The summed E-state index contributed by atoms with van der Waals surface area (Å²) in [5, 5.41) is 0. The second-order valence-electron chi connectivity index (χ2n) is 2.91. The van der Waals surface area contributed by atoms with E-state index in [9.17, 15) is 31.1 Å². The highest BCUT2D eigenvalue weighted by molar-refractivity contribution is 5.66. The molecule has 0 N–H and O–H groups in total. The second-order valence-corrected chi connectivity index (χ2v) is 2.91. The van der Waals surface area contributed by atoms with Crippen LogP contribution in [0.1, 0.15) is 13.3 Å². The van der Waals surface area contributed by atoms with Gasteiger partial charge in [0.25, 0.3) is 0 Å². The smallest absolute Gasteiger partial charge is 0.437 e. The first-order chi connectivity index (χ1) is 6.98. The largest absolute Gasteiger partial charge is 0.439 e. The summed E-state index contributed by atoms with van der Waals surface area (Å²) in [6, 6.07) is 0. The van der Waals surface area contributed by atoms with E-state index in [4.69, 9.17) is 0 Å². The van der Waals surface area contributed by atoms with Crippen LogP contribution in [0.3, 0.4) is 0 Å². The van der Waals surface area contributed by atoms with Crippen LogP contribution in [0.4, 0.5) is 26.3 Å². The summed E-state index contributed by atoms with van der Waals surface area (Å²) >= 11 is 0. The highest BCUT2D eigenvalue weighted by atomic mass is 19.4. The van der Waals surface area contributed by atoms with Gasteiger partial charge in [-0.3, -0.25) is 4.79 Å². The SMILES string of the molecule is C=CCC(OC(C)=O)(C(F)(F)F)C(F)(F)F. The molecule has 0 aliphatic carbocycles. The van der Waals surface area contributed by atoms with E-state index in [1.807, 2.05) is 0 Å². The van der Waals surface area contributed by atoms with Crippen molar-refractivity contribution in [2.45, 2.75) is 31.3 Å². The number of ether oxygens (including phenoxy) is 1. The number of hydrogen-bond acceptors (Lipinski definition) is 2. The summed E-state index contributed by atoms with van der Waals surface area (Å²) in [6.45, 7) is 3.26. The van der Waals surface area contributed by atoms with E-state index in [0.29, 0.717) is 13.0 Å². The zero-order valence-corrected chi connectivity index (χ0v) is 8.08. The first-order valence-electron chi connectivity index (χ1n) is 3.92. The zero-order valence-electron chi connectivity index (χ0n) is 8.08. The molecule has 0 atom stereocenters. The summed E-state index contributed by atoms with van der Waals surface area (Å²) in [7, 11) is 0. The Kier molecular flexibility index (Phi) is 4.01. The van der Waals surface area contributed by atoms with Gasteiger partial charge in [0.1, 0.15) is 0 Å². The van der Waals surface area contributed by atoms with Crippen molar-refractivity contribution in [3.63, 3.8) is 0 Å². The summed E-state index contributed by atoms with van der Waals surface area (Å²) in [5.41, 5.74) is -4.52. The normalized spacial score (nSPS) is 13.4. The molecule has 94 valence electrons. The maximum atomic E-state index is 12.4. The molecule has 0 aromatic carbocycles. The number of carbonyl (C=O) groups is 1. The Balaban J connectivity index is 5.58. The van der Waals surface area contributed by atoms with Crippen molar-refractivity contribution in [3.05, 3.63) is 12.7 Å². The average molecular weight is 250 g/mol. The lowest BCUT2D eigenvalue weighted by atomic mass is 9.98. The van der Waals surface area contributed by atoms with E-state index >= 15 is 0 Å². The van der Waals surface area contributed by atoms with Crippen molar-refractivity contribution in [1.29, 1.82) is 0 Å². The molecule has 0 radical (unpaired) electrons. The van der Waals surface area contributed by atoms with Crippen molar-refractivity contribution in [1.82, 2.24) is 0 Å². The fourth-order valence-electron chi connectivity index (χ4n) is 0.998. The lowest BCUT2D eigenvalue weighted by molar-refractivity contribution is -0.368. The van der Waals surface area contributed by atoms with Gasteiger partial charge in [0.15, 0.2) is 0 Å². The third kappa shape index (κ3) is 2.67. The molecular formula is C8H8F6O2. The Morgan fingerprint density at radius 2 is 1.56 bits per heavy atom. The molecule has 0 rings (SSSR count). The summed E-state index contributed by atoms with van der Waals surface area (Å²) in [6.07, 6.45) is -12.7. The van der Waals surface area contributed by atoms with E-state index in [1.54, 1.807) is 0 Å². The Morgan fingerprint density at radius 1 is 1.19 bits per heavy atom. The number of hydrogen-bond donors (Lipinski definition) is 0. The van der Waals surface area contributed by atoms with Gasteiger partial charge >= 0.3 is 23.9 Å². The van der Waals surface area contributed by atoms with Gasteiger partial charge in [0, 0.05) is 13.3 Å². The van der Waals surface area contributed by atoms with Crippen molar-refractivity contribution >= 4 is 5.97 Å². The Morgan fingerprint density at radius 3 is 1.75 bits per heavy atom. The monoisotopic (exact) mass is 250 g/mol. The first kappa shape index (κ1) is 14.8. The predicted octanol–water partition coefficient (Wildman–Crippen LogP) is 2.99. The van der Waals surface area contributed by atoms with Crippen LogP contribution >= 0.6 is 0 Å². The molecule has 0 saturated carbocycles. The zero-order chi connectivity index (χ0) is 13.2. The van der Waals surface area contributed by atoms with Crippen LogP contribution in [0.5, 0.6) is 0 Å². The maximum Gasteiger partial charge on any atom is 0.437 e. The van der Waals surface area contributed by atoms with Crippen molar-refractivity contribution in [3.8, 4) is 0 Å². The fourth-order valence-corrected chi connectivity index (χ4v) is 0.998. The van der Waals surface area contributed by atoms with Crippen molar-refractivity contribution < 1.29 is 35.9 Å². The highest BCUT2D eigenvalue weighted by Crippen LogP contribution is 2.48. The molecule has 0 amide bonds. The Labute approximate surface area is 86.9 Å². The van der Waals surface area contributed by atoms with E-state index in [1.165, 1.54) is 0 Å². The van der Waals surface area contributed by atoms with Gasteiger partial charge in [0.05, 0.1) is 0 Å². The molecule has 0 fully saturated rings. The van der Waals surface area contributed by atoms with E-state index in [-0.39, 0.29) is 0 Å². The average Bonchev–Trinajstić information content (AvgIpc) is 1.98. The van der Waals surface area contributed by atoms with Gasteiger partial charge in [-0.25, -0.2) is 0 Å². The van der Waals surface area contributed by atoms with Crippen LogP contribution in [0, 0.1) is 0 Å². The lowest BCUT2D eigenvalue weighted by Gasteiger charge is -2.35. The molecule has 0 aliphatic heterocycles. The van der Waals surface area contributed by atoms with E-state index < -0.39 is 30.3 Å². The Bertz CT molecular complexity index is 263. The molecule has 0 aliphatic rings. The van der Waals surface area contributed by atoms with Gasteiger partial charge in [-0.15, -0.1) is 6.58 Å². The van der Waals surface area contributed by atoms with Crippen LogP contribution in [0.25, 0.3) is 0 Å². The number of alkyl halides is 6. The summed E-state index contributed by atoms with van der Waals surface area (Å²) in [4.78, 5) is 10.4. The fraction of sp³-hybridized carbons (Fsp3) is 0.625. The third-order valence-electron chi connectivity index (χ3n) is 1.67. The van der Waals surface area contributed by atoms with Gasteiger partial charge in [-0.1, -0.05) is 6.08 Å². The minimum absolute atomic E-state index is 0.393. The van der Waals surface area contributed by atoms with Gasteiger partial charge in [0.2, 0.25) is 0 Å². The van der Waals surface area contributed by atoms with Gasteiger partial charge in [-0.05, 0) is 0 Å². The lowest BCUT2D eigenvalue weighted by Crippen LogP contribution is -2.59. The molecule has 8 heteroatoms. The molecule has 0 saturated heterocycles. The minimum Gasteiger partial charge on any atom is -0.439 e. The van der Waals surface area contributed by atoms with Crippen LogP contribution in [0.15, 0.2) is 12.7 Å². The first-order valence-corrected chi connectivity index (χ1v) is 3.92. The topological polar surface area (TPSA) is 26.3 Å². The van der Waals surface area contributed by atoms with Gasteiger partial charge in [-0.2, -0.15) is 26.3 Å². The molecule has 0 unspecified atom stereocenters. The number of carbonyl (C=O) groups excluding carboxylic acids is 1. The van der Waals surface area contributed by atoms with Crippen molar-refractivity contribution in [2.75, 3.05) is 0 Å². The summed E-state index contributed by atoms with van der Waals surface area (Å²) < 4.78 is 77.7. The molecule has 16 heavy (non-hydrogen) atoms. The molecule has 0 heterocycles. The van der Waals surface area contributed by atoms with Crippen LogP contribution in [-0.2, 0) is 9.53 Å². The van der Waals surface area contributed by atoms with Crippen LogP contribution < -0.4 is 0 Å². The van der Waals surface area contributed by atoms with E-state index in [2.05, 4.69) is 11.3 Å². The van der Waals surface area contributed by atoms with Gasteiger partial charge < -0.3 is 4.74 Å². The summed E-state index contributed by atoms with van der Waals surface area (Å²) in [5.74, 6) is -1.67.